The zero-order valence-electron chi connectivity index (χ0n) is 11.7. The molecule has 6 heteroatoms. The number of rotatable bonds is 4. The van der Waals surface area contributed by atoms with Crippen molar-refractivity contribution in [3.05, 3.63) is 46.3 Å². The van der Waals surface area contributed by atoms with Gasteiger partial charge in [-0.3, -0.25) is 4.79 Å². The summed E-state index contributed by atoms with van der Waals surface area (Å²) in [6, 6.07) is 7.67. The number of phenols is 1. The van der Waals surface area contributed by atoms with E-state index in [1.165, 1.54) is 35.6 Å². The number of carbonyl (C=O) groups is 2. The van der Waals surface area contributed by atoms with Crippen LogP contribution in [0, 0.1) is 6.92 Å². The molecule has 0 unspecified atom stereocenters. The summed E-state index contributed by atoms with van der Waals surface area (Å²) in [5.74, 6) is -0.583. The maximum atomic E-state index is 12.0. The van der Waals surface area contributed by atoms with E-state index in [1.807, 2.05) is 0 Å². The monoisotopic (exact) mass is 305 g/mol. The Balaban J connectivity index is 2.13. The Labute approximate surface area is 126 Å². The van der Waals surface area contributed by atoms with E-state index >= 15 is 0 Å². The van der Waals surface area contributed by atoms with Gasteiger partial charge in [-0.2, -0.15) is 0 Å². The first-order valence-electron chi connectivity index (χ1n) is 6.39. The van der Waals surface area contributed by atoms with E-state index in [-0.39, 0.29) is 17.6 Å². The summed E-state index contributed by atoms with van der Waals surface area (Å²) >= 11 is 1.18. The van der Waals surface area contributed by atoms with Gasteiger partial charge in [0.15, 0.2) is 0 Å². The molecule has 2 N–H and O–H groups in total. The molecular weight excluding hydrogens is 290 g/mol. The number of esters is 1. The highest BCUT2D eigenvalue weighted by Gasteiger charge is 2.16. The molecule has 0 saturated heterocycles. The summed E-state index contributed by atoms with van der Waals surface area (Å²) in [4.78, 5) is 24.2. The Bertz CT molecular complexity index is 661. The van der Waals surface area contributed by atoms with Crippen molar-refractivity contribution in [1.82, 2.24) is 0 Å². The molecule has 0 saturated carbocycles. The lowest BCUT2D eigenvalue weighted by Gasteiger charge is -2.02. The molecule has 2 rings (SSSR count). The van der Waals surface area contributed by atoms with Crippen molar-refractivity contribution in [3.63, 3.8) is 0 Å². The van der Waals surface area contributed by atoms with E-state index < -0.39 is 0 Å². The van der Waals surface area contributed by atoms with Crippen molar-refractivity contribution in [2.45, 2.75) is 13.8 Å². The first-order valence-corrected chi connectivity index (χ1v) is 7.21. The van der Waals surface area contributed by atoms with E-state index in [0.717, 1.165) is 5.56 Å². The highest BCUT2D eigenvalue weighted by atomic mass is 32.1. The number of benzene rings is 1. The van der Waals surface area contributed by atoms with Crippen molar-refractivity contribution in [3.8, 4) is 5.75 Å². The molecule has 0 aliphatic rings. The molecule has 5 nitrogen and oxygen atoms in total. The van der Waals surface area contributed by atoms with Crippen LogP contribution in [-0.2, 0) is 4.74 Å². The van der Waals surface area contributed by atoms with E-state index in [0.29, 0.717) is 22.0 Å². The van der Waals surface area contributed by atoms with Gasteiger partial charge in [0, 0.05) is 5.56 Å². The fourth-order valence-corrected chi connectivity index (χ4v) is 2.70. The van der Waals surface area contributed by atoms with Gasteiger partial charge in [0.25, 0.3) is 5.91 Å². The standard InChI is InChI=1S/C15H15NO4S/c1-3-20-15(19)13-9(2)8-12(21-13)16-14(18)10-4-6-11(17)7-5-10/h4-8,17H,3H2,1-2H3,(H,16,18). The predicted molar refractivity (Wildman–Crippen MR) is 81.1 cm³/mol. The van der Waals surface area contributed by atoms with Crippen LogP contribution < -0.4 is 5.32 Å². The largest absolute Gasteiger partial charge is 0.508 e. The van der Waals surface area contributed by atoms with Gasteiger partial charge in [-0.25, -0.2) is 4.79 Å². The second-order valence-corrected chi connectivity index (χ2v) is 5.40. The van der Waals surface area contributed by atoms with Crippen molar-refractivity contribution in [1.29, 1.82) is 0 Å². The molecule has 1 aromatic heterocycles. The number of phenolic OH excluding ortho intramolecular Hbond substituents is 1. The van der Waals surface area contributed by atoms with E-state index in [9.17, 15) is 14.7 Å². The Morgan fingerprint density at radius 2 is 1.95 bits per heavy atom. The second-order valence-electron chi connectivity index (χ2n) is 4.34. The molecule has 110 valence electrons. The summed E-state index contributed by atoms with van der Waals surface area (Å²) in [6.07, 6.45) is 0. The maximum absolute atomic E-state index is 12.0. The quantitative estimate of drug-likeness (QED) is 0.851. The summed E-state index contributed by atoms with van der Waals surface area (Å²) in [6.45, 7) is 3.85. The average molecular weight is 305 g/mol. The fraction of sp³-hybridized carbons (Fsp3) is 0.200. The van der Waals surface area contributed by atoms with Crippen molar-refractivity contribution in [2.75, 3.05) is 11.9 Å². The zero-order chi connectivity index (χ0) is 15.4. The number of carbonyl (C=O) groups excluding carboxylic acids is 2. The van der Waals surface area contributed by atoms with Crippen LogP contribution in [-0.4, -0.2) is 23.6 Å². The molecule has 0 bridgehead atoms. The first kappa shape index (κ1) is 15.1. The van der Waals surface area contributed by atoms with Gasteiger partial charge in [-0.15, -0.1) is 11.3 Å². The van der Waals surface area contributed by atoms with Crippen LogP contribution in [0.5, 0.6) is 5.75 Å². The number of aromatic hydroxyl groups is 1. The minimum atomic E-state index is -0.384. The lowest BCUT2D eigenvalue weighted by Crippen LogP contribution is -2.10. The van der Waals surface area contributed by atoms with E-state index in [4.69, 9.17) is 4.74 Å². The molecule has 0 radical (unpaired) electrons. The summed E-state index contributed by atoms with van der Waals surface area (Å²) < 4.78 is 4.96. The number of nitrogens with one attached hydrogen (secondary N) is 1. The molecule has 0 atom stereocenters. The molecule has 1 aromatic carbocycles. The van der Waals surface area contributed by atoms with Gasteiger partial charge in [-0.05, 0) is 49.7 Å². The SMILES string of the molecule is CCOC(=O)c1sc(NC(=O)c2ccc(O)cc2)cc1C. The Kier molecular flexibility index (Phi) is 4.59. The zero-order valence-corrected chi connectivity index (χ0v) is 12.5. The van der Waals surface area contributed by atoms with Crippen molar-refractivity contribution in [2.24, 2.45) is 0 Å². The van der Waals surface area contributed by atoms with Crippen LogP contribution >= 0.6 is 11.3 Å². The number of hydrogen-bond acceptors (Lipinski definition) is 5. The van der Waals surface area contributed by atoms with Crippen LogP contribution in [0.4, 0.5) is 5.00 Å². The fourth-order valence-electron chi connectivity index (χ4n) is 1.74. The molecule has 1 heterocycles. The van der Waals surface area contributed by atoms with Crippen LogP contribution in [0.15, 0.2) is 30.3 Å². The van der Waals surface area contributed by atoms with Gasteiger partial charge in [-0.1, -0.05) is 0 Å². The van der Waals surface area contributed by atoms with E-state index in [1.54, 1.807) is 19.9 Å². The highest BCUT2D eigenvalue weighted by Crippen LogP contribution is 2.27. The number of hydrogen-bond donors (Lipinski definition) is 2. The molecule has 0 aliphatic heterocycles. The third-order valence-electron chi connectivity index (χ3n) is 2.74. The van der Waals surface area contributed by atoms with Crippen LogP contribution in [0.25, 0.3) is 0 Å². The first-order chi connectivity index (χ1) is 10.0. The summed E-state index contributed by atoms with van der Waals surface area (Å²) in [7, 11) is 0. The number of anilines is 1. The van der Waals surface area contributed by atoms with Gasteiger partial charge >= 0.3 is 5.97 Å². The Morgan fingerprint density at radius 3 is 2.57 bits per heavy atom. The van der Waals surface area contributed by atoms with Gasteiger partial charge in [0.05, 0.1) is 11.6 Å². The van der Waals surface area contributed by atoms with Crippen LogP contribution in [0.3, 0.4) is 0 Å². The van der Waals surface area contributed by atoms with Crippen LogP contribution in [0.1, 0.15) is 32.5 Å². The number of ether oxygens (including phenoxy) is 1. The van der Waals surface area contributed by atoms with E-state index in [2.05, 4.69) is 5.32 Å². The molecule has 21 heavy (non-hydrogen) atoms. The Morgan fingerprint density at radius 1 is 1.29 bits per heavy atom. The molecule has 0 aliphatic carbocycles. The smallest absolute Gasteiger partial charge is 0.348 e. The van der Waals surface area contributed by atoms with Gasteiger partial charge < -0.3 is 15.2 Å². The number of thiophene rings is 1. The second kappa shape index (κ2) is 6.41. The number of aryl methyl sites for hydroxylation is 1. The normalized spacial score (nSPS) is 10.2. The molecule has 0 spiro atoms. The van der Waals surface area contributed by atoms with Gasteiger partial charge in [0.2, 0.25) is 0 Å². The topological polar surface area (TPSA) is 75.6 Å². The lowest BCUT2D eigenvalue weighted by atomic mass is 10.2. The highest BCUT2D eigenvalue weighted by molar-refractivity contribution is 7.18. The molecule has 2 aromatic rings. The van der Waals surface area contributed by atoms with Gasteiger partial charge in [0.1, 0.15) is 10.6 Å². The number of amides is 1. The summed E-state index contributed by atoms with van der Waals surface area (Å²) in [5, 5.41) is 12.5. The Hall–Kier alpha value is -2.34. The molecule has 0 fully saturated rings. The minimum Gasteiger partial charge on any atom is -0.508 e. The lowest BCUT2D eigenvalue weighted by molar-refractivity contribution is 0.0531. The van der Waals surface area contributed by atoms with Crippen molar-refractivity contribution < 1.29 is 19.4 Å². The minimum absolute atomic E-state index is 0.100. The third kappa shape index (κ3) is 3.61. The molecule has 1 amide bonds. The third-order valence-corrected chi connectivity index (χ3v) is 3.88. The molecular formula is C15H15NO4S. The van der Waals surface area contributed by atoms with Crippen molar-refractivity contribution >= 4 is 28.2 Å². The summed E-state index contributed by atoms with van der Waals surface area (Å²) in [5.41, 5.74) is 1.19. The average Bonchev–Trinajstić information content (AvgIpc) is 2.80. The van der Waals surface area contributed by atoms with Crippen LogP contribution in [0.2, 0.25) is 0 Å². The predicted octanol–water partition coefficient (Wildman–Crippen LogP) is 3.19. The maximum Gasteiger partial charge on any atom is 0.348 e.